The van der Waals surface area contributed by atoms with Crippen LogP contribution in [0.4, 0.5) is 0 Å². The molecule has 1 rings (SSSR count). The molecular formula is C9H5I5O3. The van der Waals surface area contributed by atoms with Crippen molar-refractivity contribution in [1.29, 1.82) is 0 Å². The number of alkyl halides is 5. The third-order valence-electron chi connectivity index (χ3n) is 1.69. The molecule has 0 aliphatic heterocycles. The van der Waals surface area contributed by atoms with Gasteiger partial charge in [-0.3, -0.25) is 0 Å². The van der Waals surface area contributed by atoms with Gasteiger partial charge in [0, 0.05) is 0 Å². The molecule has 0 aromatic heterocycles. The summed E-state index contributed by atoms with van der Waals surface area (Å²) in [6.45, 7) is 0. The highest BCUT2D eigenvalue weighted by Crippen LogP contribution is 2.55. The zero-order valence-corrected chi connectivity index (χ0v) is 18.8. The Morgan fingerprint density at radius 2 is 1.65 bits per heavy atom. The van der Waals surface area contributed by atoms with Gasteiger partial charge in [-0.1, -0.05) is 12.1 Å². The van der Waals surface area contributed by atoms with Crippen LogP contribution in [0.1, 0.15) is 10.4 Å². The Morgan fingerprint density at radius 1 is 1.12 bits per heavy atom. The molecule has 0 bridgehead atoms. The summed E-state index contributed by atoms with van der Waals surface area (Å²) >= 11 is 11.1. The van der Waals surface area contributed by atoms with Crippen LogP contribution in [0.3, 0.4) is 0 Å². The maximum absolute atomic E-state index is 11.1. The Morgan fingerprint density at radius 3 is 2.12 bits per heavy atom. The first kappa shape index (κ1) is 17.2. The zero-order chi connectivity index (χ0) is 13.3. The Bertz CT molecular complexity index is 427. The summed E-state index contributed by atoms with van der Waals surface area (Å²) in [6.07, 6.45) is 0. The number of hydrogen-bond donors (Lipinski definition) is 1. The van der Waals surface area contributed by atoms with Gasteiger partial charge in [0.05, 0.1) is 0 Å². The van der Waals surface area contributed by atoms with Crippen molar-refractivity contribution in [2.24, 2.45) is 0 Å². The van der Waals surface area contributed by atoms with Gasteiger partial charge in [-0.15, -0.1) is 0 Å². The van der Waals surface area contributed by atoms with Gasteiger partial charge in [-0.2, -0.15) is 0 Å². The number of aromatic carboxylic acids is 1. The third-order valence-corrected chi connectivity index (χ3v) is 12.2. The van der Waals surface area contributed by atoms with Crippen molar-refractivity contribution in [3.8, 4) is 5.75 Å². The average Bonchev–Trinajstić information content (AvgIpc) is 2.15. The molecule has 0 amide bonds. The van der Waals surface area contributed by atoms with Crippen LogP contribution in [0.15, 0.2) is 24.3 Å². The van der Waals surface area contributed by atoms with Crippen molar-refractivity contribution in [3.05, 3.63) is 29.8 Å². The lowest BCUT2D eigenvalue weighted by Gasteiger charge is -2.31. The van der Waals surface area contributed by atoms with Gasteiger partial charge in [0.25, 0.3) is 0 Å². The highest BCUT2D eigenvalue weighted by atomic mass is 127. The van der Waals surface area contributed by atoms with E-state index in [-0.39, 0.29) is 5.00 Å². The molecule has 8 heteroatoms. The number of carboxylic acid groups (broad SMARTS) is 1. The molecule has 3 nitrogen and oxygen atoms in total. The molecule has 0 atom stereocenters. The molecule has 0 unspecified atom stereocenters. The van der Waals surface area contributed by atoms with E-state index in [1.807, 2.05) is 0 Å². The topological polar surface area (TPSA) is 46.5 Å². The number of benzene rings is 1. The van der Waals surface area contributed by atoms with Gasteiger partial charge in [0.2, 0.25) is 1.61 Å². The average molecular weight is 796 g/mol. The van der Waals surface area contributed by atoms with Gasteiger partial charge in [-0.05, 0) is 125 Å². The SMILES string of the molecule is O=C(O)c1ccccc1OC(I)(I)C(I)(I)I. The van der Waals surface area contributed by atoms with Crippen molar-refractivity contribution in [2.45, 2.75) is 1.05 Å². The van der Waals surface area contributed by atoms with E-state index in [9.17, 15) is 4.79 Å². The van der Waals surface area contributed by atoms with Gasteiger partial charge in [0.1, 0.15) is 11.3 Å². The smallest absolute Gasteiger partial charge is 0.339 e. The largest absolute Gasteiger partial charge is 0.478 e. The molecule has 0 saturated carbocycles. The number of hydrogen-bond acceptors (Lipinski definition) is 2. The van der Waals surface area contributed by atoms with Crippen molar-refractivity contribution >= 4 is 119 Å². The fourth-order valence-electron chi connectivity index (χ4n) is 0.928. The van der Waals surface area contributed by atoms with Gasteiger partial charge in [-0.25, -0.2) is 4.79 Å². The number of rotatable bonds is 4. The Balaban J connectivity index is 3.08. The summed E-state index contributed by atoms with van der Waals surface area (Å²) in [6, 6.07) is 6.66. The predicted molar refractivity (Wildman–Crippen MR) is 110 cm³/mol. The quantitative estimate of drug-likeness (QED) is 0.335. The molecule has 0 saturated heterocycles. The molecule has 94 valence electrons. The Labute approximate surface area is 167 Å². The third kappa shape index (κ3) is 4.87. The fourth-order valence-corrected chi connectivity index (χ4v) is 1.73. The number of carbonyl (C=O) groups is 1. The van der Waals surface area contributed by atoms with Crippen LogP contribution in [-0.2, 0) is 0 Å². The first-order chi connectivity index (χ1) is 7.65. The van der Waals surface area contributed by atoms with Gasteiger partial charge in [0.15, 0.2) is -0.565 Å². The van der Waals surface area contributed by atoms with E-state index >= 15 is 0 Å². The van der Waals surface area contributed by atoms with Crippen LogP contribution in [0.5, 0.6) is 5.75 Å². The second-order valence-electron chi connectivity index (χ2n) is 2.92. The molecular weight excluding hydrogens is 791 g/mol. The van der Waals surface area contributed by atoms with Crippen molar-refractivity contribution in [2.75, 3.05) is 0 Å². The van der Waals surface area contributed by atoms with E-state index < -0.39 is 7.58 Å². The molecule has 1 N–H and O–H groups in total. The molecule has 0 aliphatic carbocycles. The maximum Gasteiger partial charge on any atom is 0.339 e. The minimum absolute atomic E-state index is 0.179. The van der Waals surface area contributed by atoms with Crippen LogP contribution in [0.25, 0.3) is 0 Å². The number of halogens is 5. The van der Waals surface area contributed by atoms with E-state index in [1.54, 1.807) is 18.2 Å². The van der Waals surface area contributed by atoms with Crippen molar-refractivity contribution in [3.63, 3.8) is 0 Å². The highest BCUT2D eigenvalue weighted by molar-refractivity contribution is 14.3. The lowest BCUT2D eigenvalue weighted by Crippen LogP contribution is -2.34. The van der Waals surface area contributed by atoms with Gasteiger partial charge >= 0.3 is 5.97 Å². The summed E-state index contributed by atoms with van der Waals surface area (Å²) in [5, 5.41) is 9.07. The summed E-state index contributed by atoms with van der Waals surface area (Å²) < 4.78 is 5.08. The standard InChI is InChI=1S/C9H5I5O3/c10-8(11,12)9(13,14)17-6-4-2-1-3-5(6)7(15)16/h1-4H,(H,15,16). The number of para-hydroxylation sites is 1. The minimum atomic E-state index is -0.981. The molecule has 0 radical (unpaired) electrons. The fraction of sp³-hybridized carbons (Fsp3) is 0.222. The highest BCUT2D eigenvalue weighted by Gasteiger charge is 2.45. The first-order valence-electron chi connectivity index (χ1n) is 4.11. The Hall–Kier alpha value is 2.14. The van der Waals surface area contributed by atoms with Gasteiger partial charge < -0.3 is 9.84 Å². The predicted octanol–water partition coefficient (Wildman–Crippen LogP) is 5.25. The number of carboxylic acids is 1. The first-order valence-corrected chi connectivity index (χ1v) is 9.50. The van der Waals surface area contributed by atoms with Crippen LogP contribution in [0.2, 0.25) is 0 Å². The summed E-state index contributed by atoms with van der Waals surface area (Å²) in [5.74, 6) is -0.594. The summed E-state index contributed by atoms with van der Waals surface area (Å²) in [5.41, 5.74) is 0.179. The van der Waals surface area contributed by atoms with E-state index in [0.29, 0.717) is 5.75 Å². The van der Waals surface area contributed by atoms with E-state index in [2.05, 4.69) is 113 Å². The van der Waals surface area contributed by atoms with Crippen LogP contribution in [-0.4, -0.2) is 12.1 Å². The summed E-state index contributed by atoms with van der Waals surface area (Å²) in [4.78, 5) is 11.1. The molecule has 0 fully saturated rings. The van der Waals surface area contributed by atoms with Crippen molar-refractivity contribution < 1.29 is 14.6 Å². The molecule has 1 aromatic carbocycles. The molecule has 0 heterocycles. The van der Waals surface area contributed by atoms with Crippen LogP contribution < -0.4 is 4.74 Å². The van der Waals surface area contributed by atoms with Crippen molar-refractivity contribution in [1.82, 2.24) is 0 Å². The van der Waals surface area contributed by atoms with Crippen LogP contribution in [0, 0.1) is 0 Å². The number of ether oxygens (including phenoxy) is 1. The van der Waals surface area contributed by atoms with E-state index in [0.717, 1.165) is 0 Å². The molecule has 0 aliphatic rings. The second-order valence-corrected chi connectivity index (χ2v) is 19.1. The molecule has 17 heavy (non-hydrogen) atoms. The minimum Gasteiger partial charge on any atom is -0.478 e. The van der Waals surface area contributed by atoms with Crippen LogP contribution >= 0.6 is 113 Å². The normalized spacial score (nSPS) is 12.3. The monoisotopic (exact) mass is 796 g/mol. The molecule has 0 spiro atoms. The lowest BCUT2D eigenvalue weighted by atomic mass is 10.2. The second kappa shape index (κ2) is 6.73. The summed E-state index contributed by atoms with van der Waals surface area (Å²) in [7, 11) is 0. The molecule has 1 aromatic rings. The zero-order valence-electron chi connectivity index (χ0n) is 7.96. The Kier molecular flexibility index (Phi) is 6.81. The van der Waals surface area contributed by atoms with E-state index in [4.69, 9.17) is 9.84 Å². The maximum atomic E-state index is 11.1. The van der Waals surface area contributed by atoms with E-state index in [1.165, 1.54) is 6.07 Å². The lowest BCUT2D eigenvalue weighted by molar-refractivity contribution is 0.0692.